The fraction of sp³-hybridized carbons (Fsp3) is 0.360. The molecule has 3 aromatic rings. The Balaban J connectivity index is 1.49. The van der Waals surface area contributed by atoms with Gasteiger partial charge in [-0.3, -0.25) is 9.48 Å². The second-order valence-corrected chi connectivity index (χ2v) is 8.57. The summed E-state index contributed by atoms with van der Waals surface area (Å²) in [6, 6.07) is 16.1. The van der Waals surface area contributed by atoms with Gasteiger partial charge in [0.2, 0.25) is 12.7 Å². The zero-order valence-electron chi connectivity index (χ0n) is 18.2. The molecule has 1 aliphatic heterocycles. The van der Waals surface area contributed by atoms with E-state index in [0.717, 1.165) is 52.4 Å². The molecule has 2 heterocycles. The summed E-state index contributed by atoms with van der Waals surface area (Å²) in [4.78, 5) is 15.9. The summed E-state index contributed by atoms with van der Waals surface area (Å²) in [6.07, 6.45) is 1.77. The molecule has 1 aliphatic carbocycles. The molecule has 2 aliphatic rings. The van der Waals surface area contributed by atoms with E-state index in [1.807, 2.05) is 60.0 Å². The van der Waals surface area contributed by atoms with Gasteiger partial charge in [0.25, 0.3) is 0 Å². The molecule has 31 heavy (non-hydrogen) atoms. The Morgan fingerprint density at radius 3 is 2.48 bits per heavy atom. The third-order valence-corrected chi connectivity index (χ3v) is 6.59. The van der Waals surface area contributed by atoms with Crippen LogP contribution in [0.5, 0.6) is 11.5 Å². The molecule has 0 bridgehead atoms. The van der Waals surface area contributed by atoms with E-state index < -0.39 is 5.41 Å². The van der Waals surface area contributed by atoms with E-state index in [1.165, 1.54) is 0 Å². The number of benzene rings is 2. The average Bonchev–Trinajstić information content (AvgIpc) is 3.40. The highest BCUT2D eigenvalue weighted by atomic mass is 16.7. The molecule has 6 heteroatoms. The number of ether oxygens (including phenoxy) is 2. The van der Waals surface area contributed by atoms with Gasteiger partial charge in [0.1, 0.15) is 0 Å². The van der Waals surface area contributed by atoms with Crippen LogP contribution in [0.3, 0.4) is 0 Å². The number of aryl methyl sites for hydroxylation is 2. The second kappa shape index (κ2) is 7.45. The van der Waals surface area contributed by atoms with Crippen molar-refractivity contribution in [1.29, 1.82) is 0 Å². The van der Waals surface area contributed by atoms with E-state index in [0.29, 0.717) is 13.1 Å². The number of fused-ring (bicyclic) bond motifs is 1. The predicted molar refractivity (Wildman–Crippen MR) is 117 cm³/mol. The minimum Gasteiger partial charge on any atom is -0.454 e. The van der Waals surface area contributed by atoms with Crippen LogP contribution in [0.25, 0.3) is 0 Å². The van der Waals surface area contributed by atoms with Crippen molar-refractivity contribution in [3.63, 3.8) is 0 Å². The molecule has 0 spiro atoms. The van der Waals surface area contributed by atoms with Gasteiger partial charge in [0.15, 0.2) is 11.5 Å². The van der Waals surface area contributed by atoms with E-state index in [1.54, 1.807) is 0 Å². The number of carbonyl (C=O) groups is 1. The minimum atomic E-state index is -0.415. The first-order chi connectivity index (χ1) is 15.0. The molecule has 1 fully saturated rings. The molecule has 6 nitrogen and oxygen atoms in total. The number of amides is 1. The zero-order chi connectivity index (χ0) is 21.6. The topological polar surface area (TPSA) is 56.6 Å². The van der Waals surface area contributed by atoms with Crippen molar-refractivity contribution in [2.24, 2.45) is 7.05 Å². The second-order valence-electron chi connectivity index (χ2n) is 8.57. The first-order valence-corrected chi connectivity index (χ1v) is 10.7. The van der Waals surface area contributed by atoms with Crippen LogP contribution < -0.4 is 9.47 Å². The Bertz CT molecular complexity index is 1130. The predicted octanol–water partition coefficient (Wildman–Crippen LogP) is 4.03. The number of rotatable bonds is 6. The maximum Gasteiger partial charge on any atom is 0.233 e. The van der Waals surface area contributed by atoms with Crippen molar-refractivity contribution >= 4 is 5.91 Å². The van der Waals surface area contributed by atoms with Crippen LogP contribution >= 0.6 is 0 Å². The maximum absolute atomic E-state index is 13.9. The lowest BCUT2D eigenvalue weighted by atomic mass is 9.93. The zero-order valence-corrected chi connectivity index (χ0v) is 18.2. The molecule has 1 amide bonds. The fourth-order valence-corrected chi connectivity index (χ4v) is 4.51. The molecule has 0 N–H and O–H groups in total. The number of hydrogen-bond donors (Lipinski definition) is 0. The summed E-state index contributed by atoms with van der Waals surface area (Å²) in [6.45, 7) is 5.36. The standard InChI is InChI=1S/C25H27N3O3/c1-17-21(18(2)27(3)26-17)15-28(14-19-9-10-22-23(13-19)31-16-30-22)24(29)25(11-12-25)20-7-5-4-6-8-20/h4-10,13H,11-12,14-16H2,1-3H3. The van der Waals surface area contributed by atoms with Crippen molar-refractivity contribution in [3.05, 3.63) is 76.6 Å². The third-order valence-electron chi connectivity index (χ3n) is 6.59. The SMILES string of the molecule is Cc1nn(C)c(C)c1CN(Cc1ccc2c(c1)OCO2)C(=O)C1(c2ccccc2)CC1. The summed E-state index contributed by atoms with van der Waals surface area (Å²) in [5.41, 5.74) is 4.89. The van der Waals surface area contributed by atoms with Gasteiger partial charge in [-0.2, -0.15) is 5.10 Å². The van der Waals surface area contributed by atoms with Gasteiger partial charge in [-0.15, -0.1) is 0 Å². The van der Waals surface area contributed by atoms with Crippen LogP contribution in [-0.4, -0.2) is 27.4 Å². The quantitative estimate of drug-likeness (QED) is 0.608. The number of carbonyl (C=O) groups excluding carboxylic acids is 1. The molecule has 1 aromatic heterocycles. The molecular formula is C25H27N3O3. The number of hydrogen-bond acceptors (Lipinski definition) is 4. The molecule has 5 rings (SSSR count). The van der Waals surface area contributed by atoms with Crippen LogP contribution in [0, 0.1) is 13.8 Å². The molecule has 1 saturated carbocycles. The van der Waals surface area contributed by atoms with Crippen LogP contribution in [-0.2, 0) is 30.3 Å². The molecule has 0 radical (unpaired) electrons. The van der Waals surface area contributed by atoms with Crippen molar-refractivity contribution in [1.82, 2.24) is 14.7 Å². The molecule has 0 unspecified atom stereocenters. The third kappa shape index (κ3) is 3.46. The summed E-state index contributed by atoms with van der Waals surface area (Å²) < 4.78 is 12.9. The normalized spacial score (nSPS) is 15.7. The Labute approximate surface area is 182 Å². The smallest absolute Gasteiger partial charge is 0.233 e. The van der Waals surface area contributed by atoms with Gasteiger partial charge >= 0.3 is 0 Å². The fourth-order valence-electron chi connectivity index (χ4n) is 4.51. The first-order valence-electron chi connectivity index (χ1n) is 10.7. The monoisotopic (exact) mass is 417 g/mol. The van der Waals surface area contributed by atoms with Gasteiger partial charge < -0.3 is 14.4 Å². The van der Waals surface area contributed by atoms with Gasteiger partial charge in [0, 0.05) is 31.4 Å². The first kappa shape index (κ1) is 19.7. The van der Waals surface area contributed by atoms with Crippen molar-refractivity contribution in [3.8, 4) is 11.5 Å². The highest BCUT2D eigenvalue weighted by Crippen LogP contribution is 2.50. The summed E-state index contributed by atoms with van der Waals surface area (Å²) in [5.74, 6) is 1.67. The van der Waals surface area contributed by atoms with Crippen LogP contribution in [0.4, 0.5) is 0 Å². The van der Waals surface area contributed by atoms with Crippen molar-refractivity contribution in [2.45, 2.75) is 45.2 Å². The van der Waals surface area contributed by atoms with E-state index in [-0.39, 0.29) is 12.7 Å². The van der Waals surface area contributed by atoms with E-state index >= 15 is 0 Å². The van der Waals surface area contributed by atoms with Crippen LogP contribution in [0.15, 0.2) is 48.5 Å². The maximum atomic E-state index is 13.9. The van der Waals surface area contributed by atoms with Gasteiger partial charge in [-0.1, -0.05) is 36.4 Å². The van der Waals surface area contributed by atoms with Crippen molar-refractivity contribution in [2.75, 3.05) is 6.79 Å². The lowest BCUT2D eigenvalue weighted by Gasteiger charge is -2.28. The van der Waals surface area contributed by atoms with Crippen LogP contribution in [0.2, 0.25) is 0 Å². The van der Waals surface area contributed by atoms with E-state index in [4.69, 9.17) is 9.47 Å². The lowest BCUT2D eigenvalue weighted by Crippen LogP contribution is -2.38. The lowest BCUT2D eigenvalue weighted by molar-refractivity contribution is -0.135. The summed E-state index contributed by atoms with van der Waals surface area (Å²) in [5, 5.41) is 4.56. The molecular weight excluding hydrogens is 390 g/mol. The Morgan fingerprint density at radius 2 is 1.81 bits per heavy atom. The molecule has 2 aromatic carbocycles. The van der Waals surface area contributed by atoms with Gasteiger partial charge in [-0.05, 0) is 49.9 Å². The van der Waals surface area contributed by atoms with Crippen LogP contribution in [0.1, 0.15) is 40.9 Å². The van der Waals surface area contributed by atoms with Crippen molar-refractivity contribution < 1.29 is 14.3 Å². The Morgan fingerprint density at radius 1 is 1.06 bits per heavy atom. The highest BCUT2D eigenvalue weighted by Gasteiger charge is 2.53. The van der Waals surface area contributed by atoms with Gasteiger partial charge in [0.05, 0.1) is 11.1 Å². The Hall–Kier alpha value is -3.28. The van der Waals surface area contributed by atoms with E-state index in [2.05, 4.69) is 24.2 Å². The largest absolute Gasteiger partial charge is 0.454 e. The number of nitrogens with zero attached hydrogens (tertiary/aromatic N) is 3. The molecule has 0 saturated heterocycles. The summed E-state index contributed by atoms with van der Waals surface area (Å²) >= 11 is 0. The van der Waals surface area contributed by atoms with E-state index in [9.17, 15) is 4.79 Å². The average molecular weight is 418 g/mol. The molecule has 0 atom stereocenters. The van der Waals surface area contributed by atoms with Gasteiger partial charge in [-0.25, -0.2) is 0 Å². The summed E-state index contributed by atoms with van der Waals surface area (Å²) in [7, 11) is 1.95. The number of aromatic nitrogens is 2. The minimum absolute atomic E-state index is 0.180. The Kier molecular flexibility index (Phi) is 4.73. The molecule has 160 valence electrons. The highest BCUT2D eigenvalue weighted by molar-refractivity contribution is 5.91.